The molecule has 0 aliphatic carbocycles. The van der Waals surface area contributed by atoms with Gasteiger partial charge in [0.2, 0.25) is 0 Å². The predicted molar refractivity (Wildman–Crippen MR) is 73.7 cm³/mol. The highest BCUT2D eigenvalue weighted by Crippen LogP contribution is 2.08. The summed E-state index contributed by atoms with van der Waals surface area (Å²) in [5.41, 5.74) is 1.62. The zero-order valence-electron chi connectivity index (χ0n) is 11.0. The van der Waals surface area contributed by atoms with E-state index < -0.39 is 9.84 Å². The van der Waals surface area contributed by atoms with Crippen LogP contribution in [0.2, 0.25) is 0 Å². The molecule has 0 atom stereocenters. The van der Waals surface area contributed by atoms with E-state index in [4.69, 9.17) is 0 Å². The molecule has 4 heteroatoms. The molecule has 0 aromatic heterocycles. The Morgan fingerprint density at radius 3 is 2.22 bits per heavy atom. The molecule has 0 saturated heterocycles. The van der Waals surface area contributed by atoms with Crippen LogP contribution in [0.15, 0.2) is 24.3 Å². The Labute approximate surface area is 109 Å². The lowest BCUT2D eigenvalue weighted by Crippen LogP contribution is -2.19. The maximum absolute atomic E-state index is 11.8. The fourth-order valence-corrected chi connectivity index (χ4v) is 3.08. The Morgan fingerprint density at radius 1 is 1.11 bits per heavy atom. The normalized spacial score (nSPS) is 11.4. The maximum atomic E-state index is 11.8. The van der Waals surface area contributed by atoms with Crippen LogP contribution in [0.1, 0.15) is 42.6 Å². The van der Waals surface area contributed by atoms with Gasteiger partial charge in [-0.1, -0.05) is 44.5 Å². The minimum atomic E-state index is -3.26. The summed E-state index contributed by atoms with van der Waals surface area (Å²) in [5.74, 6) is -0.588. The van der Waals surface area contributed by atoms with Crippen LogP contribution in [0.4, 0.5) is 0 Å². The van der Waals surface area contributed by atoms with E-state index in [2.05, 4.69) is 0 Å². The van der Waals surface area contributed by atoms with Crippen molar-refractivity contribution in [1.82, 2.24) is 0 Å². The molecule has 1 rings (SSSR count). The van der Waals surface area contributed by atoms with Crippen molar-refractivity contribution < 1.29 is 13.2 Å². The van der Waals surface area contributed by atoms with E-state index in [1.165, 1.54) is 0 Å². The summed E-state index contributed by atoms with van der Waals surface area (Å²) < 4.78 is 23.4. The third-order valence-corrected chi connectivity index (χ3v) is 4.46. The molecule has 0 spiro atoms. The third kappa shape index (κ3) is 4.61. The molecular formula is C14H20O3S. The Hall–Kier alpha value is -1.16. The van der Waals surface area contributed by atoms with Gasteiger partial charge < -0.3 is 0 Å². The number of ketones is 1. The van der Waals surface area contributed by atoms with E-state index in [9.17, 15) is 13.2 Å². The molecular weight excluding hydrogens is 248 g/mol. The molecule has 1 aromatic carbocycles. The fraction of sp³-hybridized carbons (Fsp3) is 0.500. The van der Waals surface area contributed by atoms with Gasteiger partial charge in [0.05, 0.1) is 5.75 Å². The highest BCUT2D eigenvalue weighted by molar-refractivity contribution is 7.92. The second-order valence-electron chi connectivity index (χ2n) is 4.42. The summed E-state index contributed by atoms with van der Waals surface area (Å²) in [6, 6.07) is 7.14. The second-order valence-corrected chi connectivity index (χ2v) is 6.60. The Kier molecular flexibility index (Phi) is 5.54. The summed E-state index contributed by atoms with van der Waals surface area (Å²) >= 11 is 0. The number of benzene rings is 1. The minimum Gasteiger partial charge on any atom is -0.293 e. The summed E-state index contributed by atoms with van der Waals surface area (Å²) in [7, 11) is -3.26. The smallest absolute Gasteiger partial charge is 0.177 e. The molecule has 0 saturated carbocycles. The van der Waals surface area contributed by atoms with Crippen molar-refractivity contribution in [2.45, 2.75) is 33.1 Å². The van der Waals surface area contributed by atoms with Gasteiger partial charge in [0.1, 0.15) is 5.75 Å². The van der Waals surface area contributed by atoms with E-state index in [0.717, 1.165) is 18.4 Å². The number of rotatable bonds is 7. The number of hydrogen-bond acceptors (Lipinski definition) is 3. The number of hydrogen-bond donors (Lipinski definition) is 0. The lowest BCUT2D eigenvalue weighted by molar-refractivity contribution is 0.102. The summed E-state index contributed by atoms with van der Waals surface area (Å²) in [4.78, 5) is 11.8. The number of carbonyl (C=O) groups excluding carboxylic acids is 1. The van der Waals surface area contributed by atoms with Crippen molar-refractivity contribution in [1.29, 1.82) is 0 Å². The first kappa shape index (κ1) is 14.9. The van der Waals surface area contributed by atoms with Crippen LogP contribution in [-0.4, -0.2) is 25.7 Å². The highest BCUT2D eigenvalue weighted by Gasteiger charge is 2.17. The summed E-state index contributed by atoms with van der Waals surface area (Å²) in [6.45, 7) is 3.97. The lowest BCUT2D eigenvalue weighted by Gasteiger charge is -2.04. The zero-order chi connectivity index (χ0) is 13.6. The van der Waals surface area contributed by atoms with E-state index in [1.54, 1.807) is 12.1 Å². The molecule has 3 nitrogen and oxygen atoms in total. The van der Waals surface area contributed by atoms with E-state index in [0.29, 0.717) is 12.0 Å². The van der Waals surface area contributed by atoms with Crippen LogP contribution < -0.4 is 0 Å². The van der Waals surface area contributed by atoms with Gasteiger partial charge in [0, 0.05) is 5.56 Å². The topological polar surface area (TPSA) is 51.2 Å². The van der Waals surface area contributed by atoms with Gasteiger partial charge >= 0.3 is 0 Å². The molecule has 0 amide bonds. The van der Waals surface area contributed by atoms with Crippen LogP contribution in [0.3, 0.4) is 0 Å². The molecule has 0 bridgehead atoms. The average Bonchev–Trinajstić information content (AvgIpc) is 2.36. The van der Waals surface area contributed by atoms with Gasteiger partial charge in [-0.05, 0) is 18.4 Å². The van der Waals surface area contributed by atoms with Crippen molar-refractivity contribution in [3.05, 3.63) is 35.4 Å². The van der Waals surface area contributed by atoms with Crippen LogP contribution in [0.5, 0.6) is 0 Å². The van der Waals surface area contributed by atoms with Gasteiger partial charge in [0.15, 0.2) is 15.6 Å². The van der Waals surface area contributed by atoms with E-state index in [-0.39, 0.29) is 17.3 Å². The third-order valence-electron chi connectivity index (χ3n) is 2.84. The average molecular weight is 268 g/mol. The molecule has 0 fully saturated rings. The second kappa shape index (κ2) is 6.69. The molecule has 0 aliphatic heterocycles. The highest BCUT2D eigenvalue weighted by atomic mass is 32.2. The van der Waals surface area contributed by atoms with Crippen molar-refractivity contribution in [3.8, 4) is 0 Å². The standard InChI is InChI=1S/C14H20O3S/c1-3-5-10-18(16,17)11-14(15)13-8-6-12(4-2)7-9-13/h6-9H,3-5,10-11H2,1-2H3. The van der Waals surface area contributed by atoms with E-state index >= 15 is 0 Å². The minimum absolute atomic E-state index is 0.0995. The molecule has 0 heterocycles. The van der Waals surface area contributed by atoms with Crippen LogP contribution in [0, 0.1) is 0 Å². The lowest BCUT2D eigenvalue weighted by atomic mass is 10.1. The van der Waals surface area contributed by atoms with E-state index in [1.807, 2.05) is 26.0 Å². The number of aryl methyl sites for hydroxylation is 1. The Morgan fingerprint density at radius 2 is 1.72 bits per heavy atom. The van der Waals surface area contributed by atoms with Gasteiger partial charge in [-0.15, -0.1) is 0 Å². The van der Waals surface area contributed by atoms with Crippen molar-refractivity contribution in [3.63, 3.8) is 0 Å². The van der Waals surface area contributed by atoms with Crippen LogP contribution in [0.25, 0.3) is 0 Å². The molecule has 0 unspecified atom stereocenters. The first-order valence-electron chi connectivity index (χ1n) is 6.31. The molecule has 18 heavy (non-hydrogen) atoms. The quantitative estimate of drug-likeness (QED) is 0.714. The predicted octanol–water partition coefficient (Wildman–Crippen LogP) is 2.65. The monoisotopic (exact) mass is 268 g/mol. The number of Topliss-reactive ketones (excluding diaryl/α,β-unsaturated/α-hetero) is 1. The number of sulfone groups is 1. The first-order chi connectivity index (χ1) is 8.48. The van der Waals surface area contributed by atoms with Gasteiger partial charge in [0.25, 0.3) is 0 Å². The molecule has 100 valence electrons. The van der Waals surface area contributed by atoms with Gasteiger partial charge in [-0.3, -0.25) is 4.79 Å². The Bertz CT molecular complexity index is 486. The van der Waals surface area contributed by atoms with Crippen LogP contribution >= 0.6 is 0 Å². The van der Waals surface area contributed by atoms with Crippen LogP contribution in [-0.2, 0) is 16.3 Å². The van der Waals surface area contributed by atoms with Crippen molar-refractivity contribution in [2.24, 2.45) is 0 Å². The number of unbranched alkanes of at least 4 members (excludes halogenated alkanes) is 1. The summed E-state index contributed by atoms with van der Waals surface area (Å²) in [5, 5.41) is 0. The summed E-state index contributed by atoms with van der Waals surface area (Å²) in [6.07, 6.45) is 2.34. The van der Waals surface area contributed by atoms with Crippen molar-refractivity contribution >= 4 is 15.6 Å². The maximum Gasteiger partial charge on any atom is 0.177 e. The molecule has 0 radical (unpaired) electrons. The fourth-order valence-electron chi connectivity index (χ4n) is 1.65. The molecule has 1 aromatic rings. The zero-order valence-corrected chi connectivity index (χ0v) is 11.8. The molecule has 0 N–H and O–H groups in total. The largest absolute Gasteiger partial charge is 0.293 e. The SMILES string of the molecule is CCCCS(=O)(=O)CC(=O)c1ccc(CC)cc1. The van der Waals surface area contributed by atoms with Gasteiger partial charge in [-0.2, -0.15) is 0 Å². The Balaban J connectivity index is 2.70. The first-order valence-corrected chi connectivity index (χ1v) is 8.13. The molecule has 0 aliphatic rings. The van der Waals surface area contributed by atoms with Crippen molar-refractivity contribution in [2.75, 3.05) is 11.5 Å². The number of carbonyl (C=O) groups is 1. The van der Waals surface area contributed by atoms with Gasteiger partial charge in [-0.25, -0.2) is 8.42 Å².